The molecule has 11 heteroatoms. The van der Waals surface area contributed by atoms with E-state index in [4.69, 9.17) is 0 Å². The third-order valence-corrected chi connectivity index (χ3v) is 3.85. The lowest BCUT2D eigenvalue weighted by Crippen LogP contribution is -2.72. The highest BCUT2D eigenvalue weighted by atomic mass is 19.3. The van der Waals surface area contributed by atoms with Crippen molar-refractivity contribution in [3.8, 4) is 0 Å². The lowest BCUT2D eigenvalue weighted by molar-refractivity contribution is -0.387. The van der Waals surface area contributed by atoms with Crippen molar-refractivity contribution in [2.75, 3.05) is 0 Å². The fraction of sp³-hybridized carbons (Fsp3) is 1.00. The Balaban J connectivity index is 3.84. The molecule has 1 fully saturated rings. The Bertz CT molecular complexity index is 474. The van der Waals surface area contributed by atoms with Gasteiger partial charge in [0.1, 0.15) is 0 Å². The third kappa shape index (κ3) is 2.03. The van der Waals surface area contributed by atoms with Crippen molar-refractivity contribution >= 4 is 0 Å². The predicted molar refractivity (Wildman–Crippen MR) is 58.2 cm³/mol. The van der Waals surface area contributed by atoms with E-state index in [9.17, 15) is 43.9 Å². The summed E-state index contributed by atoms with van der Waals surface area (Å²) in [5, 5.41) is 0. The minimum Gasteiger partial charge on any atom is -0.269 e. The third-order valence-electron chi connectivity index (χ3n) is 3.85. The Kier molecular flexibility index (Phi) is 4.31. The Hall–Kier alpha value is -0.740. The zero-order chi connectivity index (χ0) is 18.9. The topological polar surface area (TPSA) is 9.23 Å². The highest BCUT2D eigenvalue weighted by Crippen LogP contribution is 2.69. The van der Waals surface area contributed by atoms with Crippen molar-refractivity contribution in [2.24, 2.45) is 11.8 Å². The van der Waals surface area contributed by atoms with E-state index in [1.165, 1.54) is 0 Å². The van der Waals surface area contributed by atoms with Crippen LogP contribution in [0, 0.1) is 11.8 Å². The molecule has 1 saturated heterocycles. The Morgan fingerprint density at radius 1 is 0.696 bits per heavy atom. The van der Waals surface area contributed by atoms with Gasteiger partial charge in [0.15, 0.2) is 0 Å². The normalized spacial score (nSPS) is 34.4. The van der Waals surface area contributed by atoms with Gasteiger partial charge >= 0.3 is 29.5 Å². The predicted octanol–water partition coefficient (Wildman–Crippen LogP) is 5.20. The first kappa shape index (κ1) is 20.3. The van der Waals surface area contributed by atoms with Crippen LogP contribution in [0.1, 0.15) is 27.7 Å². The molecule has 0 bridgehead atoms. The number of halogens is 10. The maximum atomic E-state index is 14.6. The van der Waals surface area contributed by atoms with Gasteiger partial charge in [0.2, 0.25) is 0 Å². The SMILES string of the molecule is CC(C)C(F)(F)C1(F)OC(F)(F)C(F)(F)C1(F)C(F)(F)C(C)C. The van der Waals surface area contributed by atoms with E-state index >= 15 is 0 Å². The van der Waals surface area contributed by atoms with E-state index in [-0.39, 0.29) is 0 Å². The van der Waals surface area contributed by atoms with Gasteiger partial charge in [0, 0.05) is 11.8 Å². The van der Waals surface area contributed by atoms with Crippen molar-refractivity contribution in [1.82, 2.24) is 0 Å². The van der Waals surface area contributed by atoms with Crippen LogP contribution in [0.2, 0.25) is 0 Å². The highest BCUT2D eigenvalue weighted by molar-refractivity contribution is 5.24. The largest absolute Gasteiger partial charge is 0.426 e. The van der Waals surface area contributed by atoms with Crippen molar-refractivity contribution in [1.29, 1.82) is 0 Å². The van der Waals surface area contributed by atoms with Gasteiger partial charge in [-0.15, -0.1) is 0 Å². The van der Waals surface area contributed by atoms with Gasteiger partial charge in [-0.1, -0.05) is 27.7 Å². The van der Waals surface area contributed by atoms with Gasteiger partial charge < -0.3 is 0 Å². The Morgan fingerprint density at radius 3 is 1.35 bits per heavy atom. The number of hydrogen-bond donors (Lipinski definition) is 0. The summed E-state index contributed by atoms with van der Waals surface area (Å²) in [7, 11) is 0. The van der Waals surface area contributed by atoms with Crippen molar-refractivity contribution in [3.05, 3.63) is 0 Å². The minimum absolute atomic E-state index is 0.391. The van der Waals surface area contributed by atoms with Gasteiger partial charge in [0.25, 0.3) is 5.92 Å². The second-order valence-corrected chi connectivity index (χ2v) is 6.00. The van der Waals surface area contributed by atoms with E-state index in [0.717, 1.165) is 0 Å². The molecule has 0 saturated carbocycles. The van der Waals surface area contributed by atoms with E-state index < -0.39 is 47.2 Å². The quantitative estimate of drug-likeness (QED) is 0.623. The van der Waals surface area contributed by atoms with Gasteiger partial charge in [-0.3, -0.25) is 4.74 Å². The van der Waals surface area contributed by atoms with Crippen LogP contribution in [0.25, 0.3) is 0 Å². The molecule has 1 heterocycles. The molecule has 0 radical (unpaired) electrons. The first-order valence-electron chi connectivity index (χ1n) is 6.43. The van der Waals surface area contributed by atoms with Gasteiger partial charge in [-0.25, -0.2) is 17.6 Å². The molecule has 1 rings (SSSR count). The molecular formula is C12H14F10O. The molecule has 1 aliphatic rings. The van der Waals surface area contributed by atoms with Gasteiger partial charge in [-0.2, -0.15) is 26.3 Å². The smallest absolute Gasteiger partial charge is 0.269 e. The number of ether oxygens (including phenoxy) is 1. The molecule has 0 amide bonds. The van der Waals surface area contributed by atoms with Crippen LogP contribution in [-0.2, 0) is 4.74 Å². The molecule has 23 heavy (non-hydrogen) atoms. The lowest BCUT2D eigenvalue weighted by atomic mass is 9.75. The van der Waals surface area contributed by atoms with Crippen LogP contribution in [0.4, 0.5) is 43.9 Å². The second kappa shape index (κ2) is 4.89. The molecule has 0 spiro atoms. The first-order chi connectivity index (χ1) is 9.84. The summed E-state index contributed by atoms with van der Waals surface area (Å²) in [6, 6.07) is 0. The van der Waals surface area contributed by atoms with Gasteiger partial charge in [-0.05, 0) is 0 Å². The first-order valence-corrected chi connectivity index (χ1v) is 6.43. The summed E-state index contributed by atoms with van der Waals surface area (Å²) < 4.78 is 141. The van der Waals surface area contributed by atoms with E-state index in [1.807, 2.05) is 0 Å². The summed E-state index contributed by atoms with van der Waals surface area (Å²) in [5.74, 6) is -28.4. The van der Waals surface area contributed by atoms with Crippen molar-refractivity contribution < 1.29 is 48.6 Å². The molecule has 1 nitrogen and oxygen atoms in total. The van der Waals surface area contributed by atoms with E-state index in [2.05, 4.69) is 4.74 Å². The molecule has 0 aromatic carbocycles. The van der Waals surface area contributed by atoms with Crippen LogP contribution in [-0.4, -0.2) is 35.4 Å². The average Bonchev–Trinajstić information content (AvgIpc) is 2.45. The van der Waals surface area contributed by atoms with E-state index in [1.54, 1.807) is 0 Å². The molecule has 2 unspecified atom stereocenters. The van der Waals surface area contributed by atoms with Crippen molar-refractivity contribution in [2.45, 2.75) is 63.1 Å². The number of hydrogen-bond acceptors (Lipinski definition) is 1. The van der Waals surface area contributed by atoms with E-state index in [0.29, 0.717) is 27.7 Å². The number of alkyl halides is 10. The van der Waals surface area contributed by atoms with Crippen LogP contribution >= 0.6 is 0 Å². The zero-order valence-corrected chi connectivity index (χ0v) is 12.3. The highest BCUT2D eigenvalue weighted by Gasteiger charge is 2.99. The van der Waals surface area contributed by atoms with Crippen LogP contribution < -0.4 is 0 Å². The van der Waals surface area contributed by atoms with Crippen molar-refractivity contribution in [3.63, 3.8) is 0 Å². The summed E-state index contributed by atoms with van der Waals surface area (Å²) in [4.78, 5) is 0. The van der Waals surface area contributed by atoms with Crippen LogP contribution in [0.5, 0.6) is 0 Å². The summed E-state index contributed by atoms with van der Waals surface area (Å²) in [5.41, 5.74) is -6.29. The standard InChI is InChI=1S/C12H14F10O/c1-5(2)7(13,14)9(17)10(18,19)12(21,22)23-11(9,20)8(15,16)6(3)4/h5-6H,1-4H3. The average molecular weight is 364 g/mol. The minimum atomic E-state index is -6.54. The maximum absolute atomic E-state index is 14.6. The molecule has 0 aromatic rings. The zero-order valence-electron chi connectivity index (χ0n) is 12.3. The monoisotopic (exact) mass is 364 g/mol. The molecule has 0 aliphatic carbocycles. The maximum Gasteiger partial charge on any atom is 0.426 e. The molecule has 1 aliphatic heterocycles. The molecular weight excluding hydrogens is 350 g/mol. The molecule has 2 atom stereocenters. The second-order valence-electron chi connectivity index (χ2n) is 6.00. The molecule has 138 valence electrons. The molecule has 0 aromatic heterocycles. The van der Waals surface area contributed by atoms with Crippen LogP contribution in [0.3, 0.4) is 0 Å². The summed E-state index contributed by atoms with van der Waals surface area (Å²) in [6.07, 6.45) is -6.20. The van der Waals surface area contributed by atoms with Gasteiger partial charge in [0.05, 0.1) is 0 Å². The number of rotatable bonds is 4. The van der Waals surface area contributed by atoms with Crippen LogP contribution in [0.15, 0.2) is 0 Å². The Labute approximate surface area is 125 Å². The summed E-state index contributed by atoms with van der Waals surface area (Å²) >= 11 is 0. The fourth-order valence-corrected chi connectivity index (χ4v) is 2.20. The lowest BCUT2D eigenvalue weighted by Gasteiger charge is -2.44. The molecule has 0 N–H and O–H groups in total. The fourth-order valence-electron chi connectivity index (χ4n) is 2.20. The Morgan fingerprint density at radius 2 is 1.04 bits per heavy atom. The summed E-state index contributed by atoms with van der Waals surface area (Å²) in [6.45, 7) is 1.68.